The van der Waals surface area contributed by atoms with Crippen LogP contribution in [0.25, 0.3) is 10.9 Å². The second-order valence-electron chi connectivity index (χ2n) is 4.71. The van der Waals surface area contributed by atoms with Gasteiger partial charge in [0.05, 0.1) is 7.11 Å². The van der Waals surface area contributed by atoms with Crippen molar-refractivity contribution in [3.05, 3.63) is 30.5 Å². The van der Waals surface area contributed by atoms with E-state index in [2.05, 4.69) is 4.57 Å². The van der Waals surface area contributed by atoms with Gasteiger partial charge in [0.15, 0.2) is 0 Å². The Bertz CT molecular complexity index is 603. The second-order valence-corrected chi connectivity index (χ2v) is 4.71. The molecule has 4 nitrogen and oxygen atoms in total. The number of hydrogen-bond donors (Lipinski definition) is 0. The predicted octanol–water partition coefficient (Wildman–Crippen LogP) is 2.05. The number of methoxy groups -OCH3 is 1. The van der Waals surface area contributed by atoms with Gasteiger partial charge in [0, 0.05) is 30.7 Å². The van der Waals surface area contributed by atoms with E-state index in [1.165, 1.54) is 0 Å². The summed E-state index contributed by atoms with van der Waals surface area (Å²) in [6, 6.07) is 7.92. The highest BCUT2D eigenvalue weighted by Gasteiger charge is 2.30. The van der Waals surface area contributed by atoms with Gasteiger partial charge in [-0.25, -0.2) is 0 Å². The van der Waals surface area contributed by atoms with Crippen LogP contribution in [0.15, 0.2) is 30.5 Å². The van der Waals surface area contributed by atoms with Crippen LogP contribution in [0.5, 0.6) is 5.75 Å². The molecule has 1 aliphatic heterocycles. The van der Waals surface area contributed by atoms with Crippen molar-refractivity contribution >= 4 is 16.8 Å². The summed E-state index contributed by atoms with van der Waals surface area (Å²) in [5, 5.41) is 1.11. The van der Waals surface area contributed by atoms with Crippen LogP contribution in [0.1, 0.15) is 12.5 Å². The number of rotatable bonds is 2. The van der Waals surface area contributed by atoms with Crippen LogP contribution in [-0.2, 0) is 4.79 Å². The van der Waals surface area contributed by atoms with Crippen LogP contribution in [0.3, 0.4) is 0 Å². The Hall–Kier alpha value is -1.97. The van der Waals surface area contributed by atoms with Crippen molar-refractivity contribution in [2.75, 3.05) is 20.7 Å². The molecule has 3 rings (SSSR count). The van der Waals surface area contributed by atoms with E-state index in [-0.39, 0.29) is 11.9 Å². The number of aromatic nitrogens is 1. The standard InChI is InChI=1S/C14H16N2O2/c1-15-7-6-13(14(15)17)16-8-5-10-9-11(18-2)3-4-12(10)16/h3-5,8-9,13H,6-7H2,1-2H3. The average molecular weight is 244 g/mol. The van der Waals surface area contributed by atoms with Gasteiger partial charge in [0.25, 0.3) is 0 Å². The molecule has 0 spiro atoms. The third-order valence-corrected chi connectivity index (χ3v) is 3.66. The maximum absolute atomic E-state index is 12.1. The summed E-state index contributed by atoms with van der Waals surface area (Å²) in [4.78, 5) is 13.8. The molecule has 18 heavy (non-hydrogen) atoms. The van der Waals surface area contributed by atoms with E-state index >= 15 is 0 Å². The van der Waals surface area contributed by atoms with Crippen molar-refractivity contribution < 1.29 is 9.53 Å². The average Bonchev–Trinajstić information content (AvgIpc) is 2.94. The number of fused-ring (bicyclic) bond motifs is 1. The molecule has 1 fully saturated rings. The van der Waals surface area contributed by atoms with Crippen molar-refractivity contribution in [3.8, 4) is 5.75 Å². The van der Waals surface area contributed by atoms with Crippen LogP contribution in [0.2, 0.25) is 0 Å². The smallest absolute Gasteiger partial charge is 0.245 e. The fraction of sp³-hybridized carbons (Fsp3) is 0.357. The fourth-order valence-electron chi connectivity index (χ4n) is 2.60. The van der Waals surface area contributed by atoms with Crippen LogP contribution in [0, 0.1) is 0 Å². The maximum Gasteiger partial charge on any atom is 0.245 e. The number of hydrogen-bond acceptors (Lipinski definition) is 2. The van der Waals surface area contributed by atoms with Gasteiger partial charge in [-0.05, 0) is 30.7 Å². The minimum absolute atomic E-state index is 0.0547. The first kappa shape index (κ1) is 11.1. The monoisotopic (exact) mass is 244 g/mol. The minimum Gasteiger partial charge on any atom is -0.497 e. The first-order chi connectivity index (χ1) is 8.70. The molecule has 1 unspecified atom stereocenters. The van der Waals surface area contributed by atoms with Crippen molar-refractivity contribution in [1.29, 1.82) is 0 Å². The Morgan fingerprint density at radius 2 is 2.17 bits per heavy atom. The van der Waals surface area contributed by atoms with Gasteiger partial charge in [-0.3, -0.25) is 4.79 Å². The molecule has 0 N–H and O–H groups in total. The Morgan fingerprint density at radius 1 is 1.33 bits per heavy atom. The van der Waals surface area contributed by atoms with Crippen molar-refractivity contribution in [3.63, 3.8) is 0 Å². The summed E-state index contributed by atoms with van der Waals surface area (Å²) in [7, 11) is 3.52. The highest BCUT2D eigenvalue weighted by molar-refractivity contribution is 5.87. The number of amides is 1. The molecule has 1 amide bonds. The van der Waals surface area contributed by atoms with E-state index in [1.54, 1.807) is 12.0 Å². The lowest BCUT2D eigenvalue weighted by Crippen LogP contribution is -2.24. The molecule has 1 aromatic carbocycles. The molecule has 0 saturated carbocycles. The van der Waals surface area contributed by atoms with E-state index in [9.17, 15) is 4.79 Å². The molecule has 2 heterocycles. The zero-order valence-electron chi connectivity index (χ0n) is 10.6. The molecular weight excluding hydrogens is 228 g/mol. The fourth-order valence-corrected chi connectivity index (χ4v) is 2.60. The number of benzene rings is 1. The first-order valence-corrected chi connectivity index (χ1v) is 6.10. The summed E-state index contributed by atoms with van der Waals surface area (Å²) in [5.41, 5.74) is 1.09. The number of carbonyl (C=O) groups excluding carboxylic acids is 1. The van der Waals surface area contributed by atoms with Gasteiger partial charge in [-0.2, -0.15) is 0 Å². The third-order valence-electron chi connectivity index (χ3n) is 3.66. The summed E-state index contributed by atoms with van der Waals surface area (Å²) < 4.78 is 7.28. The van der Waals surface area contributed by atoms with Crippen LogP contribution in [-0.4, -0.2) is 36.1 Å². The highest BCUT2D eigenvalue weighted by atomic mass is 16.5. The molecule has 1 aromatic heterocycles. The molecule has 1 saturated heterocycles. The zero-order valence-corrected chi connectivity index (χ0v) is 10.6. The quantitative estimate of drug-likeness (QED) is 0.810. The number of likely N-dealkylation sites (N-methyl/N-ethyl adjacent to an activating group) is 1. The Labute approximate surface area is 106 Å². The van der Waals surface area contributed by atoms with Crippen LogP contribution in [0.4, 0.5) is 0 Å². The molecule has 0 radical (unpaired) electrons. The molecule has 1 aliphatic rings. The Kier molecular flexibility index (Phi) is 2.51. The van der Waals surface area contributed by atoms with Crippen molar-refractivity contribution in [2.24, 2.45) is 0 Å². The molecule has 0 bridgehead atoms. The lowest BCUT2D eigenvalue weighted by molar-refractivity contribution is -0.129. The van der Waals surface area contributed by atoms with E-state index < -0.39 is 0 Å². The van der Waals surface area contributed by atoms with E-state index in [0.717, 1.165) is 29.6 Å². The molecule has 2 aromatic rings. The van der Waals surface area contributed by atoms with Gasteiger partial charge < -0.3 is 14.2 Å². The lowest BCUT2D eigenvalue weighted by Gasteiger charge is -2.13. The molecular formula is C14H16N2O2. The number of ether oxygens (including phenoxy) is 1. The number of carbonyl (C=O) groups is 1. The normalized spacial score (nSPS) is 19.8. The summed E-state index contributed by atoms with van der Waals surface area (Å²) in [6.07, 6.45) is 2.87. The maximum atomic E-state index is 12.1. The lowest BCUT2D eigenvalue weighted by atomic mass is 10.2. The SMILES string of the molecule is COc1ccc2c(ccn2C2CCN(C)C2=O)c1. The predicted molar refractivity (Wildman–Crippen MR) is 69.8 cm³/mol. The van der Waals surface area contributed by atoms with Crippen molar-refractivity contribution in [2.45, 2.75) is 12.5 Å². The van der Waals surface area contributed by atoms with Gasteiger partial charge in [0.2, 0.25) is 5.91 Å². The topological polar surface area (TPSA) is 34.5 Å². The number of likely N-dealkylation sites (tertiary alicyclic amines) is 1. The van der Waals surface area contributed by atoms with Crippen molar-refractivity contribution in [1.82, 2.24) is 9.47 Å². The van der Waals surface area contributed by atoms with Gasteiger partial charge >= 0.3 is 0 Å². The number of nitrogens with zero attached hydrogens (tertiary/aromatic N) is 2. The van der Waals surface area contributed by atoms with Crippen LogP contribution >= 0.6 is 0 Å². The van der Waals surface area contributed by atoms with Gasteiger partial charge in [-0.15, -0.1) is 0 Å². The van der Waals surface area contributed by atoms with Crippen LogP contribution < -0.4 is 4.74 Å². The summed E-state index contributed by atoms with van der Waals surface area (Å²) in [5.74, 6) is 1.04. The molecule has 4 heteroatoms. The van der Waals surface area contributed by atoms with E-state index in [1.807, 2.05) is 37.5 Å². The van der Waals surface area contributed by atoms with E-state index in [0.29, 0.717) is 0 Å². The van der Waals surface area contributed by atoms with E-state index in [4.69, 9.17) is 4.74 Å². The summed E-state index contributed by atoms with van der Waals surface area (Å²) >= 11 is 0. The molecule has 1 atom stereocenters. The second kappa shape index (κ2) is 4.05. The molecule has 0 aliphatic carbocycles. The largest absolute Gasteiger partial charge is 0.497 e. The zero-order chi connectivity index (χ0) is 12.7. The minimum atomic E-state index is -0.0547. The third kappa shape index (κ3) is 1.56. The van der Waals surface area contributed by atoms with Gasteiger partial charge in [0.1, 0.15) is 11.8 Å². The Morgan fingerprint density at radius 3 is 2.83 bits per heavy atom. The molecule has 94 valence electrons. The summed E-state index contributed by atoms with van der Waals surface area (Å²) in [6.45, 7) is 0.833. The van der Waals surface area contributed by atoms with Gasteiger partial charge in [-0.1, -0.05) is 0 Å². The first-order valence-electron chi connectivity index (χ1n) is 6.10. The highest BCUT2D eigenvalue weighted by Crippen LogP contribution is 2.29. The Balaban J connectivity index is 2.05.